The predicted molar refractivity (Wildman–Crippen MR) is 100 cm³/mol. The standard InChI is InChI=1S/C18H19N7O3/c1-25-9-14-12(24-25)5-6-13(17(26)20-14)19-11-4-2-3-10(7-11)8-15-21-16(18(27)28)23-22-15/h2-4,7,9,13,19H,5-6,8H2,1H3,(H,20,26)(H,27,28)(H,21,22,23). The number of hydrogen-bond acceptors (Lipinski definition) is 6. The van der Waals surface area contributed by atoms with E-state index >= 15 is 0 Å². The number of carbonyl (C=O) groups excluding carboxylic acids is 1. The van der Waals surface area contributed by atoms with Crippen molar-refractivity contribution in [2.45, 2.75) is 25.3 Å². The molecular formula is C18H19N7O3. The fourth-order valence-electron chi connectivity index (χ4n) is 3.23. The molecule has 10 heteroatoms. The second-order valence-corrected chi connectivity index (χ2v) is 6.69. The highest BCUT2D eigenvalue weighted by Crippen LogP contribution is 2.23. The summed E-state index contributed by atoms with van der Waals surface area (Å²) in [5.74, 6) is -0.973. The molecule has 1 aliphatic heterocycles. The summed E-state index contributed by atoms with van der Waals surface area (Å²) in [7, 11) is 1.83. The summed E-state index contributed by atoms with van der Waals surface area (Å²) in [5.41, 5.74) is 3.35. The summed E-state index contributed by atoms with van der Waals surface area (Å²) >= 11 is 0. The Hall–Kier alpha value is -3.69. The monoisotopic (exact) mass is 381 g/mol. The van der Waals surface area contributed by atoms with Crippen LogP contribution < -0.4 is 10.6 Å². The van der Waals surface area contributed by atoms with E-state index in [1.54, 1.807) is 10.9 Å². The van der Waals surface area contributed by atoms with Crippen LogP contribution in [0.3, 0.4) is 0 Å². The minimum atomic E-state index is -1.15. The summed E-state index contributed by atoms with van der Waals surface area (Å²) in [6.45, 7) is 0. The molecule has 0 saturated carbocycles. The number of anilines is 2. The number of carboxylic acid groups (broad SMARTS) is 1. The minimum Gasteiger partial charge on any atom is -0.475 e. The Labute approximate surface area is 160 Å². The number of nitrogens with one attached hydrogen (secondary N) is 3. The average molecular weight is 381 g/mol. The number of fused-ring (bicyclic) bond motifs is 1. The van der Waals surface area contributed by atoms with Crippen LogP contribution >= 0.6 is 0 Å². The van der Waals surface area contributed by atoms with Crippen LogP contribution in [0.4, 0.5) is 11.4 Å². The van der Waals surface area contributed by atoms with E-state index in [9.17, 15) is 9.59 Å². The molecule has 4 rings (SSSR count). The van der Waals surface area contributed by atoms with Gasteiger partial charge < -0.3 is 20.7 Å². The zero-order valence-corrected chi connectivity index (χ0v) is 15.1. The van der Waals surface area contributed by atoms with Gasteiger partial charge in [0.1, 0.15) is 11.9 Å². The molecule has 1 amide bonds. The summed E-state index contributed by atoms with van der Waals surface area (Å²) in [6.07, 6.45) is 3.54. The van der Waals surface area contributed by atoms with E-state index in [4.69, 9.17) is 5.11 Å². The van der Waals surface area contributed by atoms with Crippen LogP contribution in [0.1, 0.15) is 34.1 Å². The van der Waals surface area contributed by atoms with Gasteiger partial charge in [0.2, 0.25) is 11.7 Å². The zero-order chi connectivity index (χ0) is 19.7. The maximum atomic E-state index is 12.5. The molecule has 0 bridgehead atoms. The number of benzene rings is 1. The molecule has 1 aliphatic rings. The van der Waals surface area contributed by atoms with Gasteiger partial charge in [-0.3, -0.25) is 9.48 Å². The fourth-order valence-corrected chi connectivity index (χ4v) is 3.23. The number of H-pyrrole nitrogens is 1. The second kappa shape index (κ2) is 7.14. The molecule has 4 N–H and O–H groups in total. The predicted octanol–water partition coefficient (Wildman–Crippen LogP) is 1.19. The van der Waals surface area contributed by atoms with Gasteiger partial charge in [0.15, 0.2) is 0 Å². The highest BCUT2D eigenvalue weighted by Gasteiger charge is 2.25. The normalized spacial score (nSPS) is 16.2. The Bertz CT molecular complexity index is 1040. The van der Waals surface area contributed by atoms with E-state index in [1.165, 1.54) is 0 Å². The third kappa shape index (κ3) is 3.70. The summed E-state index contributed by atoms with van der Waals surface area (Å²) in [6, 6.07) is 7.19. The zero-order valence-electron chi connectivity index (χ0n) is 15.1. The lowest BCUT2D eigenvalue weighted by atomic mass is 10.1. The SMILES string of the molecule is Cn1cc2c(n1)CCC(Nc1cccc(Cc3nnc(C(=O)O)[nH]3)c1)C(=O)N2. The maximum Gasteiger partial charge on any atom is 0.373 e. The van der Waals surface area contributed by atoms with Crippen molar-refractivity contribution in [3.8, 4) is 0 Å². The highest BCUT2D eigenvalue weighted by molar-refractivity contribution is 5.97. The number of aromatic nitrogens is 5. The van der Waals surface area contributed by atoms with Crippen molar-refractivity contribution < 1.29 is 14.7 Å². The molecule has 28 heavy (non-hydrogen) atoms. The van der Waals surface area contributed by atoms with E-state index in [1.807, 2.05) is 31.3 Å². The molecule has 3 heterocycles. The fraction of sp³-hybridized carbons (Fsp3) is 0.278. The summed E-state index contributed by atoms with van der Waals surface area (Å²) in [5, 5.41) is 26.9. The Morgan fingerprint density at radius 2 is 2.25 bits per heavy atom. The number of carboxylic acids is 1. The van der Waals surface area contributed by atoms with Crippen molar-refractivity contribution in [2.24, 2.45) is 7.05 Å². The maximum absolute atomic E-state index is 12.5. The molecule has 0 radical (unpaired) electrons. The largest absolute Gasteiger partial charge is 0.475 e. The lowest BCUT2D eigenvalue weighted by molar-refractivity contribution is -0.116. The van der Waals surface area contributed by atoms with Gasteiger partial charge in [-0.05, 0) is 30.5 Å². The van der Waals surface area contributed by atoms with Crippen LogP contribution in [0.15, 0.2) is 30.5 Å². The molecule has 3 aromatic rings. The lowest BCUT2D eigenvalue weighted by Gasteiger charge is -2.17. The Kier molecular flexibility index (Phi) is 4.52. The van der Waals surface area contributed by atoms with Crippen molar-refractivity contribution >= 4 is 23.3 Å². The van der Waals surface area contributed by atoms with Crippen molar-refractivity contribution in [3.63, 3.8) is 0 Å². The number of carbonyl (C=O) groups is 2. The quantitative estimate of drug-likeness (QED) is 0.521. The van der Waals surface area contributed by atoms with Gasteiger partial charge >= 0.3 is 5.97 Å². The molecule has 0 fully saturated rings. The van der Waals surface area contributed by atoms with Crippen LogP contribution in [0.2, 0.25) is 0 Å². The topological polar surface area (TPSA) is 138 Å². The molecular weight excluding hydrogens is 362 g/mol. The van der Waals surface area contributed by atoms with Gasteiger partial charge in [-0.25, -0.2) is 4.79 Å². The first-order chi connectivity index (χ1) is 13.5. The smallest absolute Gasteiger partial charge is 0.373 e. The van der Waals surface area contributed by atoms with Crippen LogP contribution in [0.5, 0.6) is 0 Å². The molecule has 144 valence electrons. The van der Waals surface area contributed by atoms with Gasteiger partial charge in [-0.15, -0.1) is 10.2 Å². The lowest BCUT2D eigenvalue weighted by Crippen LogP contribution is -2.33. The first kappa shape index (κ1) is 17.7. The molecule has 2 aromatic heterocycles. The van der Waals surface area contributed by atoms with E-state index in [0.717, 1.165) is 22.6 Å². The molecule has 1 aromatic carbocycles. The molecule has 0 spiro atoms. The minimum absolute atomic E-state index is 0.0986. The van der Waals surface area contributed by atoms with Gasteiger partial charge in [0.25, 0.3) is 0 Å². The first-order valence-corrected chi connectivity index (χ1v) is 8.81. The van der Waals surface area contributed by atoms with Gasteiger partial charge in [0, 0.05) is 25.4 Å². The van der Waals surface area contributed by atoms with Crippen molar-refractivity contribution in [1.29, 1.82) is 0 Å². The Morgan fingerprint density at radius 3 is 3.04 bits per heavy atom. The number of amides is 1. The van der Waals surface area contributed by atoms with E-state index in [-0.39, 0.29) is 17.8 Å². The molecule has 0 aliphatic carbocycles. The summed E-state index contributed by atoms with van der Waals surface area (Å²) < 4.78 is 1.70. The number of hydrogen-bond donors (Lipinski definition) is 4. The highest BCUT2D eigenvalue weighted by atomic mass is 16.4. The number of aryl methyl sites for hydroxylation is 2. The van der Waals surface area contributed by atoms with Gasteiger partial charge in [-0.2, -0.15) is 5.10 Å². The van der Waals surface area contributed by atoms with Crippen LogP contribution in [-0.2, 0) is 24.7 Å². The second-order valence-electron chi connectivity index (χ2n) is 6.69. The molecule has 0 saturated heterocycles. The first-order valence-electron chi connectivity index (χ1n) is 8.81. The van der Waals surface area contributed by atoms with Gasteiger partial charge in [-0.1, -0.05) is 12.1 Å². The van der Waals surface area contributed by atoms with Crippen molar-refractivity contribution in [3.05, 3.63) is 53.4 Å². The van der Waals surface area contributed by atoms with E-state index < -0.39 is 5.97 Å². The van der Waals surface area contributed by atoms with E-state index in [0.29, 0.717) is 25.1 Å². The van der Waals surface area contributed by atoms with Gasteiger partial charge in [0.05, 0.1) is 11.4 Å². The summed E-state index contributed by atoms with van der Waals surface area (Å²) in [4.78, 5) is 26.1. The third-order valence-electron chi connectivity index (χ3n) is 4.52. The van der Waals surface area contributed by atoms with Crippen LogP contribution in [0.25, 0.3) is 0 Å². The number of nitrogens with zero attached hydrogens (tertiary/aromatic N) is 4. The van der Waals surface area contributed by atoms with E-state index in [2.05, 4.69) is 30.9 Å². The Morgan fingerprint density at radius 1 is 1.39 bits per heavy atom. The van der Waals surface area contributed by atoms with Crippen LogP contribution in [-0.4, -0.2) is 48.0 Å². The van der Waals surface area contributed by atoms with Crippen molar-refractivity contribution in [1.82, 2.24) is 25.0 Å². The molecule has 1 atom stereocenters. The number of aromatic carboxylic acids is 1. The molecule has 1 unspecified atom stereocenters. The van der Waals surface area contributed by atoms with Crippen molar-refractivity contribution in [2.75, 3.05) is 10.6 Å². The third-order valence-corrected chi connectivity index (χ3v) is 4.52. The molecule has 10 nitrogen and oxygen atoms in total. The number of rotatable bonds is 5. The Balaban J connectivity index is 1.45. The average Bonchev–Trinajstić information content (AvgIpc) is 3.22. The number of aromatic amines is 1. The van der Waals surface area contributed by atoms with Crippen LogP contribution in [0, 0.1) is 0 Å².